The fraction of sp³-hybridized carbons (Fsp3) is 0.969. The molecule has 198 valence electrons. The minimum Gasteiger partial charge on any atom is -0.303 e. The van der Waals surface area contributed by atoms with Crippen molar-refractivity contribution in [3.63, 3.8) is 0 Å². The van der Waals surface area contributed by atoms with E-state index >= 15 is 0 Å². The van der Waals surface area contributed by atoms with Gasteiger partial charge in [0.25, 0.3) is 0 Å². The number of carbonyl (C=O) groups is 1. The molecule has 0 N–H and O–H groups in total. The van der Waals surface area contributed by atoms with E-state index in [0.717, 1.165) is 12.8 Å². The van der Waals surface area contributed by atoms with Gasteiger partial charge in [-0.2, -0.15) is 0 Å². The van der Waals surface area contributed by atoms with Gasteiger partial charge in [-0.3, -0.25) is 0 Å². The summed E-state index contributed by atoms with van der Waals surface area (Å²) < 4.78 is 0. The van der Waals surface area contributed by atoms with Crippen LogP contribution in [-0.4, -0.2) is 6.29 Å². The Morgan fingerprint density at radius 3 is 0.788 bits per heavy atom. The maximum Gasteiger partial charge on any atom is 0.123 e. The van der Waals surface area contributed by atoms with Crippen molar-refractivity contribution < 1.29 is 4.79 Å². The summed E-state index contributed by atoms with van der Waals surface area (Å²) in [6.07, 6.45) is 40.0. The quantitative estimate of drug-likeness (QED) is 0.0794. The first-order valence-electron chi connectivity index (χ1n) is 15.8. The lowest BCUT2D eigenvalue weighted by molar-refractivity contribution is -0.111. The van der Waals surface area contributed by atoms with Gasteiger partial charge in [0.15, 0.2) is 0 Å². The zero-order valence-corrected chi connectivity index (χ0v) is 23.4. The van der Waals surface area contributed by atoms with E-state index in [1.165, 1.54) is 173 Å². The van der Waals surface area contributed by atoms with Crippen LogP contribution < -0.4 is 0 Å². The molecule has 0 saturated heterocycles. The number of hydrogen-bond acceptors (Lipinski definition) is 1. The van der Waals surface area contributed by atoms with E-state index in [1.54, 1.807) is 0 Å². The van der Waals surface area contributed by atoms with Crippen LogP contribution in [0.4, 0.5) is 0 Å². The average Bonchev–Trinajstić information content (AvgIpc) is 2.83. The molecule has 0 bridgehead atoms. The maximum atomic E-state index is 11.4. The summed E-state index contributed by atoms with van der Waals surface area (Å²) in [4.78, 5) is 11.4. The van der Waals surface area contributed by atoms with E-state index in [2.05, 4.69) is 13.8 Å². The van der Waals surface area contributed by atoms with Gasteiger partial charge in [0.2, 0.25) is 0 Å². The fourth-order valence-electron chi connectivity index (χ4n) is 5.13. The minimum atomic E-state index is 0.339. The SMILES string of the molecule is CCCCCCCCCCCCCCCCCCC(C=O)CCCCCCCCCCCC. The number of hydrogen-bond donors (Lipinski definition) is 0. The van der Waals surface area contributed by atoms with E-state index in [-0.39, 0.29) is 0 Å². The molecule has 1 unspecified atom stereocenters. The Morgan fingerprint density at radius 2 is 0.576 bits per heavy atom. The van der Waals surface area contributed by atoms with Gasteiger partial charge in [-0.15, -0.1) is 0 Å². The van der Waals surface area contributed by atoms with E-state index < -0.39 is 0 Å². The normalized spacial score (nSPS) is 12.3. The maximum absolute atomic E-state index is 11.4. The first-order valence-corrected chi connectivity index (χ1v) is 15.8. The van der Waals surface area contributed by atoms with Crippen molar-refractivity contribution >= 4 is 6.29 Å². The molecule has 1 nitrogen and oxygen atoms in total. The number of carbonyl (C=O) groups excluding carboxylic acids is 1. The van der Waals surface area contributed by atoms with Gasteiger partial charge >= 0.3 is 0 Å². The van der Waals surface area contributed by atoms with Crippen LogP contribution in [-0.2, 0) is 4.79 Å². The van der Waals surface area contributed by atoms with Crippen LogP contribution in [0.2, 0.25) is 0 Å². The molecular weight excluding hydrogens is 400 g/mol. The van der Waals surface area contributed by atoms with Crippen molar-refractivity contribution in [3.05, 3.63) is 0 Å². The Kier molecular flexibility index (Phi) is 29.4. The van der Waals surface area contributed by atoms with Gasteiger partial charge in [-0.05, 0) is 12.8 Å². The predicted molar refractivity (Wildman–Crippen MR) is 150 cm³/mol. The smallest absolute Gasteiger partial charge is 0.123 e. The van der Waals surface area contributed by atoms with Crippen LogP contribution in [0.15, 0.2) is 0 Å². The summed E-state index contributed by atoms with van der Waals surface area (Å²) in [6.45, 7) is 4.58. The van der Waals surface area contributed by atoms with Crippen molar-refractivity contribution in [2.75, 3.05) is 0 Å². The summed E-state index contributed by atoms with van der Waals surface area (Å²) in [5.41, 5.74) is 0. The van der Waals surface area contributed by atoms with Crippen molar-refractivity contribution in [1.29, 1.82) is 0 Å². The second-order valence-corrected chi connectivity index (χ2v) is 11.0. The second-order valence-electron chi connectivity index (χ2n) is 11.0. The monoisotopic (exact) mass is 464 g/mol. The van der Waals surface area contributed by atoms with Crippen LogP contribution in [0.5, 0.6) is 0 Å². The van der Waals surface area contributed by atoms with Crippen LogP contribution in [0.3, 0.4) is 0 Å². The Bertz CT molecular complexity index is 350. The summed E-state index contributed by atoms with van der Waals surface area (Å²) in [5, 5.41) is 0. The number of rotatable bonds is 29. The minimum absolute atomic E-state index is 0.339. The van der Waals surface area contributed by atoms with Gasteiger partial charge in [0.1, 0.15) is 6.29 Å². The third-order valence-corrected chi connectivity index (χ3v) is 7.55. The van der Waals surface area contributed by atoms with Gasteiger partial charge in [-0.1, -0.05) is 181 Å². The molecule has 0 radical (unpaired) electrons. The van der Waals surface area contributed by atoms with Gasteiger partial charge < -0.3 is 4.79 Å². The molecule has 0 aliphatic heterocycles. The molecule has 0 saturated carbocycles. The highest BCUT2D eigenvalue weighted by molar-refractivity contribution is 5.53. The van der Waals surface area contributed by atoms with Crippen LogP contribution in [0.1, 0.15) is 194 Å². The standard InChI is InChI=1S/C32H64O/c1-3-5-7-9-11-13-15-16-17-18-19-20-22-24-26-28-30-32(31-33)29-27-25-23-21-14-12-10-8-6-4-2/h31-32H,3-30H2,1-2H3. The molecule has 0 spiro atoms. The van der Waals surface area contributed by atoms with Gasteiger partial charge in [0.05, 0.1) is 0 Å². The molecular formula is C32H64O. The van der Waals surface area contributed by atoms with E-state index in [4.69, 9.17) is 0 Å². The third kappa shape index (κ3) is 27.8. The van der Waals surface area contributed by atoms with E-state index in [0.29, 0.717) is 5.92 Å². The summed E-state index contributed by atoms with van der Waals surface area (Å²) in [5.74, 6) is 0.339. The first-order chi connectivity index (χ1) is 16.3. The molecule has 0 aromatic heterocycles. The summed E-state index contributed by atoms with van der Waals surface area (Å²) in [7, 11) is 0. The molecule has 0 aromatic rings. The zero-order valence-electron chi connectivity index (χ0n) is 23.4. The van der Waals surface area contributed by atoms with Gasteiger partial charge in [0, 0.05) is 5.92 Å². The number of unbranched alkanes of at least 4 members (excludes halogenated alkanes) is 24. The molecule has 0 fully saturated rings. The summed E-state index contributed by atoms with van der Waals surface area (Å²) in [6, 6.07) is 0. The fourth-order valence-corrected chi connectivity index (χ4v) is 5.13. The number of aldehydes is 1. The Balaban J connectivity index is 3.25. The lowest BCUT2D eigenvalue weighted by atomic mass is 9.95. The second kappa shape index (κ2) is 29.7. The van der Waals surface area contributed by atoms with E-state index in [1.807, 2.05) is 0 Å². The third-order valence-electron chi connectivity index (χ3n) is 7.55. The first kappa shape index (κ1) is 32.7. The lowest BCUT2D eigenvalue weighted by Crippen LogP contribution is -2.02. The molecule has 33 heavy (non-hydrogen) atoms. The molecule has 0 rings (SSSR count). The molecule has 0 aliphatic rings. The van der Waals surface area contributed by atoms with Crippen LogP contribution >= 0.6 is 0 Å². The van der Waals surface area contributed by atoms with Crippen LogP contribution in [0, 0.1) is 5.92 Å². The Labute approximate surface area is 210 Å². The zero-order chi connectivity index (χ0) is 24.1. The van der Waals surface area contributed by atoms with Crippen molar-refractivity contribution in [3.8, 4) is 0 Å². The molecule has 1 atom stereocenters. The van der Waals surface area contributed by atoms with E-state index in [9.17, 15) is 4.79 Å². The Morgan fingerprint density at radius 1 is 0.364 bits per heavy atom. The largest absolute Gasteiger partial charge is 0.303 e. The average molecular weight is 465 g/mol. The topological polar surface area (TPSA) is 17.1 Å². The molecule has 0 aliphatic carbocycles. The molecule has 1 heteroatoms. The molecule has 0 aromatic carbocycles. The van der Waals surface area contributed by atoms with Gasteiger partial charge in [-0.25, -0.2) is 0 Å². The van der Waals surface area contributed by atoms with Crippen molar-refractivity contribution in [2.45, 2.75) is 194 Å². The van der Waals surface area contributed by atoms with Crippen molar-refractivity contribution in [1.82, 2.24) is 0 Å². The lowest BCUT2D eigenvalue weighted by Gasteiger charge is -2.10. The highest BCUT2D eigenvalue weighted by atomic mass is 16.1. The predicted octanol–water partition coefficient (Wildman–Crippen LogP) is 11.8. The molecule has 0 heterocycles. The van der Waals surface area contributed by atoms with Crippen molar-refractivity contribution in [2.24, 2.45) is 5.92 Å². The summed E-state index contributed by atoms with van der Waals surface area (Å²) >= 11 is 0. The molecule has 0 amide bonds. The highest BCUT2D eigenvalue weighted by Crippen LogP contribution is 2.19. The Hall–Kier alpha value is -0.330. The highest BCUT2D eigenvalue weighted by Gasteiger charge is 2.06. The van der Waals surface area contributed by atoms with Crippen LogP contribution in [0.25, 0.3) is 0 Å².